The molecule has 1 aromatic carbocycles. The lowest BCUT2D eigenvalue weighted by atomic mass is 9.84. The van der Waals surface area contributed by atoms with Gasteiger partial charge in [0.05, 0.1) is 19.7 Å². The monoisotopic (exact) mass is 477 g/mol. The maximum atomic E-state index is 9.32. The summed E-state index contributed by atoms with van der Waals surface area (Å²) in [6.07, 6.45) is 1.69. The maximum Gasteiger partial charge on any atom is 0.191 e. The van der Waals surface area contributed by atoms with Crippen LogP contribution in [0.5, 0.6) is 5.75 Å². The number of nitrogens with zero attached hydrogens (tertiary/aromatic N) is 1. The second-order valence-corrected chi connectivity index (χ2v) is 6.59. The Morgan fingerprint density at radius 1 is 1.35 bits per heavy atom. The summed E-state index contributed by atoms with van der Waals surface area (Å²) in [6.45, 7) is 7.77. The predicted molar refractivity (Wildman–Crippen MR) is 116 cm³/mol. The fraction of sp³-hybridized carbons (Fsp3) is 0.632. The average molecular weight is 477 g/mol. The van der Waals surface area contributed by atoms with E-state index in [9.17, 15) is 5.11 Å². The molecule has 148 valence electrons. The second kappa shape index (κ2) is 12.3. The van der Waals surface area contributed by atoms with Gasteiger partial charge in [0.2, 0.25) is 0 Å². The van der Waals surface area contributed by atoms with Gasteiger partial charge in [-0.25, -0.2) is 0 Å². The Bertz CT molecular complexity index is 522. The van der Waals surface area contributed by atoms with E-state index in [0.29, 0.717) is 19.7 Å². The van der Waals surface area contributed by atoms with Crippen LogP contribution < -0.4 is 15.4 Å². The van der Waals surface area contributed by atoms with Crippen LogP contribution in [0.25, 0.3) is 0 Å². The molecule has 7 heteroatoms. The Balaban J connectivity index is 0.00000338. The molecule has 1 aromatic rings. The first-order valence-electron chi connectivity index (χ1n) is 9.10. The lowest BCUT2D eigenvalue weighted by Crippen LogP contribution is -2.42. The van der Waals surface area contributed by atoms with Gasteiger partial charge in [-0.2, -0.15) is 0 Å². The number of nitrogens with one attached hydrogen (secondary N) is 2. The van der Waals surface area contributed by atoms with Crippen molar-refractivity contribution >= 4 is 29.9 Å². The van der Waals surface area contributed by atoms with Crippen molar-refractivity contribution in [1.82, 2.24) is 10.6 Å². The van der Waals surface area contributed by atoms with Crippen molar-refractivity contribution in [2.45, 2.75) is 32.8 Å². The van der Waals surface area contributed by atoms with Gasteiger partial charge in [0.25, 0.3) is 0 Å². The first-order chi connectivity index (χ1) is 12.2. The Morgan fingerprint density at radius 3 is 2.73 bits per heavy atom. The van der Waals surface area contributed by atoms with Crippen LogP contribution in [0.4, 0.5) is 0 Å². The van der Waals surface area contributed by atoms with Crippen LogP contribution in [0.1, 0.15) is 26.7 Å². The number of aliphatic hydroxyl groups is 1. The number of benzene rings is 1. The number of rotatable bonds is 9. The van der Waals surface area contributed by atoms with E-state index in [0.717, 1.165) is 37.7 Å². The van der Waals surface area contributed by atoms with Crippen molar-refractivity contribution in [3.63, 3.8) is 0 Å². The zero-order chi connectivity index (χ0) is 18.0. The SMILES string of the molecule is CCNC(=NCC1(CCO)CCOC1)NCC(C)Oc1ccccc1.I. The van der Waals surface area contributed by atoms with Crippen LogP contribution in [0.15, 0.2) is 35.3 Å². The number of guanidine groups is 1. The summed E-state index contributed by atoms with van der Waals surface area (Å²) in [5.41, 5.74) is -0.0384. The van der Waals surface area contributed by atoms with Gasteiger partial charge in [-0.3, -0.25) is 4.99 Å². The lowest BCUT2D eigenvalue weighted by Gasteiger charge is -2.25. The minimum absolute atomic E-state index is 0. The van der Waals surface area contributed by atoms with Crippen molar-refractivity contribution in [2.24, 2.45) is 10.4 Å². The molecule has 1 aliphatic heterocycles. The Labute approximate surface area is 173 Å². The van der Waals surface area contributed by atoms with Crippen LogP contribution in [0, 0.1) is 5.41 Å². The third kappa shape index (κ3) is 7.67. The third-order valence-corrected chi connectivity index (χ3v) is 4.38. The topological polar surface area (TPSA) is 75.1 Å². The first-order valence-corrected chi connectivity index (χ1v) is 9.10. The molecule has 0 aromatic heterocycles. The molecule has 0 amide bonds. The van der Waals surface area contributed by atoms with Gasteiger partial charge < -0.3 is 25.2 Å². The molecule has 26 heavy (non-hydrogen) atoms. The van der Waals surface area contributed by atoms with Gasteiger partial charge in [-0.1, -0.05) is 18.2 Å². The van der Waals surface area contributed by atoms with Crippen molar-refractivity contribution in [3.8, 4) is 5.75 Å². The molecule has 1 aliphatic rings. The number of aliphatic imine (C=N–C) groups is 1. The maximum absolute atomic E-state index is 9.32. The van der Waals surface area contributed by atoms with E-state index in [2.05, 4.69) is 10.6 Å². The van der Waals surface area contributed by atoms with Gasteiger partial charge in [0, 0.05) is 25.2 Å². The summed E-state index contributed by atoms with van der Waals surface area (Å²) in [4.78, 5) is 4.71. The first kappa shape index (κ1) is 23.0. The fourth-order valence-electron chi connectivity index (χ4n) is 2.89. The average Bonchev–Trinajstić information content (AvgIpc) is 3.07. The summed E-state index contributed by atoms with van der Waals surface area (Å²) in [6, 6.07) is 9.81. The molecule has 2 unspecified atom stereocenters. The van der Waals surface area contributed by atoms with E-state index in [-0.39, 0.29) is 42.1 Å². The zero-order valence-corrected chi connectivity index (χ0v) is 18.1. The Hall–Kier alpha value is -1.06. The molecular formula is C19H32IN3O3. The van der Waals surface area contributed by atoms with Crippen LogP contribution in [-0.4, -0.2) is 56.6 Å². The lowest BCUT2D eigenvalue weighted by molar-refractivity contribution is 0.131. The minimum atomic E-state index is -0.0384. The summed E-state index contributed by atoms with van der Waals surface area (Å²) in [5, 5.41) is 15.9. The van der Waals surface area contributed by atoms with Gasteiger partial charge in [0.15, 0.2) is 5.96 Å². The quantitative estimate of drug-likeness (QED) is 0.290. The van der Waals surface area contributed by atoms with Gasteiger partial charge >= 0.3 is 0 Å². The molecule has 1 fully saturated rings. The smallest absolute Gasteiger partial charge is 0.191 e. The third-order valence-electron chi connectivity index (χ3n) is 4.38. The van der Waals surface area contributed by atoms with E-state index in [1.165, 1.54) is 0 Å². The van der Waals surface area contributed by atoms with E-state index in [1.54, 1.807) is 0 Å². The zero-order valence-electron chi connectivity index (χ0n) is 15.7. The molecule has 1 heterocycles. The fourth-order valence-corrected chi connectivity index (χ4v) is 2.89. The number of halogens is 1. The number of aliphatic hydroxyl groups excluding tert-OH is 1. The molecule has 0 bridgehead atoms. The summed E-state index contributed by atoms with van der Waals surface area (Å²) >= 11 is 0. The molecule has 2 rings (SSSR count). The van der Waals surface area contributed by atoms with Crippen LogP contribution in [0.3, 0.4) is 0 Å². The second-order valence-electron chi connectivity index (χ2n) is 6.59. The summed E-state index contributed by atoms with van der Waals surface area (Å²) in [5.74, 6) is 1.64. The molecule has 0 radical (unpaired) electrons. The standard InChI is InChI=1S/C19H31N3O3.HI/c1-3-20-18(22-14-19(9-11-23)10-12-24-15-19)21-13-16(2)25-17-7-5-4-6-8-17;/h4-8,16,23H,3,9-15H2,1-2H3,(H2,20,21,22);1H. The molecule has 6 nitrogen and oxygen atoms in total. The largest absolute Gasteiger partial charge is 0.489 e. The molecule has 0 spiro atoms. The predicted octanol–water partition coefficient (Wildman–Crippen LogP) is 2.42. The Kier molecular flexibility index (Phi) is 10.9. The van der Waals surface area contributed by atoms with Crippen LogP contribution >= 0.6 is 24.0 Å². The highest BCUT2D eigenvalue weighted by atomic mass is 127. The van der Waals surface area contributed by atoms with E-state index >= 15 is 0 Å². The van der Waals surface area contributed by atoms with Crippen molar-refractivity contribution < 1.29 is 14.6 Å². The number of hydrogen-bond donors (Lipinski definition) is 3. The van der Waals surface area contributed by atoms with Crippen LogP contribution in [0.2, 0.25) is 0 Å². The number of hydrogen-bond acceptors (Lipinski definition) is 4. The van der Waals surface area contributed by atoms with Crippen LogP contribution in [-0.2, 0) is 4.74 Å². The normalized spacial score (nSPS) is 21.0. The van der Waals surface area contributed by atoms with E-state index in [4.69, 9.17) is 14.5 Å². The summed E-state index contributed by atoms with van der Waals surface area (Å²) in [7, 11) is 0. The van der Waals surface area contributed by atoms with Crippen molar-refractivity contribution in [3.05, 3.63) is 30.3 Å². The molecule has 3 N–H and O–H groups in total. The Morgan fingerprint density at radius 2 is 2.12 bits per heavy atom. The van der Waals surface area contributed by atoms with E-state index < -0.39 is 0 Å². The molecule has 2 atom stereocenters. The highest BCUT2D eigenvalue weighted by Crippen LogP contribution is 2.32. The number of ether oxygens (including phenoxy) is 2. The number of para-hydroxylation sites is 1. The summed E-state index contributed by atoms with van der Waals surface area (Å²) < 4.78 is 11.4. The molecule has 0 saturated carbocycles. The van der Waals surface area contributed by atoms with Gasteiger partial charge in [-0.05, 0) is 38.8 Å². The molecular weight excluding hydrogens is 445 g/mol. The van der Waals surface area contributed by atoms with E-state index in [1.807, 2.05) is 44.2 Å². The molecule has 0 aliphatic carbocycles. The van der Waals surface area contributed by atoms with Gasteiger partial charge in [-0.15, -0.1) is 24.0 Å². The highest BCUT2D eigenvalue weighted by Gasteiger charge is 2.34. The highest BCUT2D eigenvalue weighted by molar-refractivity contribution is 14.0. The van der Waals surface area contributed by atoms with Crippen molar-refractivity contribution in [2.75, 3.05) is 39.5 Å². The van der Waals surface area contributed by atoms with Crippen molar-refractivity contribution in [1.29, 1.82) is 0 Å². The van der Waals surface area contributed by atoms with Gasteiger partial charge in [0.1, 0.15) is 11.9 Å². The molecule has 1 saturated heterocycles. The minimum Gasteiger partial charge on any atom is -0.489 e.